The Hall–Kier alpha value is -1.47. The lowest BCUT2D eigenvalue weighted by molar-refractivity contribution is 0.483. The zero-order chi connectivity index (χ0) is 8.27. The number of nitrogen functional groups attached to an aromatic ring is 1. The van der Waals surface area contributed by atoms with Crippen LogP contribution in [0.2, 0.25) is 0 Å². The second-order valence-corrected chi connectivity index (χ2v) is 2.21. The minimum Gasteiger partial charge on any atom is -0.444 e. The Morgan fingerprint density at radius 3 is 2.82 bits per heavy atom. The minimum absolute atomic E-state index is 0.243. The van der Waals surface area contributed by atoms with Crippen LogP contribution < -0.4 is 11.5 Å². The molecule has 1 aromatic rings. The molecular weight excluding hydrogens is 142 g/mol. The van der Waals surface area contributed by atoms with Crippen molar-refractivity contribution >= 4 is 5.88 Å². The molecule has 0 saturated heterocycles. The summed E-state index contributed by atoms with van der Waals surface area (Å²) in [6, 6.07) is 4.88. The van der Waals surface area contributed by atoms with Gasteiger partial charge in [0.05, 0.1) is 18.5 Å². The third-order valence-corrected chi connectivity index (χ3v) is 1.32. The first-order valence-electron chi connectivity index (χ1n) is 3.22. The summed E-state index contributed by atoms with van der Waals surface area (Å²) >= 11 is 0. The molecule has 1 rings (SSSR count). The number of nitriles is 1. The number of furan rings is 1. The van der Waals surface area contributed by atoms with Gasteiger partial charge >= 0.3 is 0 Å². The molecule has 1 atom stereocenters. The molecule has 1 unspecified atom stereocenters. The highest BCUT2D eigenvalue weighted by Gasteiger charge is 2.08. The number of nitrogens with zero attached hydrogens (tertiary/aromatic N) is 1. The van der Waals surface area contributed by atoms with Crippen molar-refractivity contribution in [2.24, 2.45) is 5.73 Å². The molecule has 58 valence electrons. The Morgan fingerprint density at radius 2 is 2.36 bits per heavy atom. The number of rotatable bonds is 2. The predicted octanol–water partition coefficient (Wildman–Crippen LogP) is 0.775. The summed E-state index contributed by atoms with van der Waals surface area (Å²) in [6.07, 6.45) is 0.243. The van der Waals surface area contributed by atoms with Crippen LogP contribution in [0.1, 0.15) is 18.2 Å². The van der Waals surface area contributed by atoms with Crippen LogP contribution in [0.15, 0.2) is 16.5 Å². The first kappa shape index (κ1) is 7.63. The fourth-order valence-electron chi connectivity index (χ4n) is 0.767. The monoisotopic (exact) mass is 151 g/mol. The van der Waals surface area contributed by atoms with Gasteiger partial charge in [0, 0.05) is 6.07 Å². The lowest BCUT2D eigenvalue weighted by Gasteiger charge is -2.00. The molecule has 0 aliphatic rings. The highest BCUT2D eigenvalue weighted by atomic mass is 16.4. The highest BCUT2D eigenvalue weighted by Crippen LogP contribution is 2.17. The van der Waals surface area contributed by atoms with Gasteiger partial charge in [-0.1, -0.05) is 0 Å². The van der Waals surface area contributed by atoms with Crippen molar-refractivity contribution in [3.8, 4) is 6.07 Å². The van der Waals surface area contributed by atoms with Crippen molar-refractivity contribution in [2.75, 3.05) is 5.73 Å². The van der Waals surface area contributed by atoms with E-state index in [0.29, 0.717) is 11.6 Å². The molecule has 0 bridgehead atoms. The summed E-state index contributed by atoms with van der Waals surface area (Å²) in [5, 5.41) is 8.30. The fourth-order valence-corrected chi connectivity index (χ4v) is 0.767. The number of anilines is 1. The molecule has 4 nitrogen and oxygen atoms in total. The van der Waals surface area contributed by atoms with Crippen LogP contribution in [-0.4, -0.2) is 0 Å². The van der Waals surface area contributed by atoms with Crippen molar-refractivity contribution in [3.63, 3.8) is 0 Å². The van der Waals surface area contributed by atoms with E-state index in [1.165, 1.54) is 0 Å². The van der Waals surface area contributed by atoms with Gasteiger partial charge in [0.2, 0.25) is 0 Å². The van der Waals surface area contributed by atoms with Gasteiger partial charge in [0.15, 0.2) is 5.88 Å². The number of hydrogen-bond acceptors (Lipinski definition) is 4. The molecule has 0 radical (unpaired) electrons. The van der Waals surface area contributed by atoms with Gasteiger partial charge in [-0.3, -0.25) is 0 Å². The summed E-state index contributed by atoms with van der Waals surface area (Å²) in [5.41, 5.74) is 10.9. The highest BCUT2D eigenvalue weighted by molar-refractivity contribution is 5.26. The van der Waals surface area contributed by atoms with E-state index in [0.717, 1.165) is 0 Å². The molecule has 1 aromatic heterocycles. The van der Waals surface area contributed by atoms with Crippen molar-refractivity contribution in [1.29, 1.82) is 5.26 Å². The summed E-state index contributed by atoms with van der Waals surface area (Å²) in [7, 11) is 0. The van der Waals surface area contributed by atoms with E-state index in [-0.39, 0.29) is 12.5 Å². The molecule has 0 fully saturated rings. The lowest BCUT2D eigenvalue weighted by atomic mass is 10.2. The molecule has 4 heteroatoms. The third-order valence-electron chi connectivity index (χ3n) is 1.32. The quantitative estimate of drug-likeness (QED) is 0.653. The predicted molar refractivity (Wildman–Crippen MR) is 40.3 cm³/mol. The van der Waals surface area contributed by atoms with E-state index in [2.05, 4.69) is 0 Å². The first-order valence-corrected chi connectivity index (χ1v) is 3.22. The van der Waals surface area contributed by atoms with Crippen molar-refractivity contribution in [1.82, 2.24) is 0 Å². The van der Waals surface area contributed by atoms with E-state index >= 15 is 0 Å². The number of hydrogen-bond donors (Lipinski definition) is 2. The van der Waals surface area contributed by atoms with Crippen LogP contribution >= 0.6 is 0 Å². The average Bonchev–Trinajstić information content (AvgIpc) is 2.36. The zero-order valence-corrected chi connectivity index (χ0v) is 5.95. The summed E-state index contributed by atoms with van der Waals surface area (Å²) in [4.78, 5) is 0. The standard InChI is InChI=1S/C7H9N3O/c8-4-3-5(9)6-1-2-7(10)11-6/h1-2,5H,3,9-10H2. The molecule has 0 aliphatic carbocycles. The van der Waals surface area contributed by atoms with Gasteiger partial charge in [-0.15, -0.1) is 0 Å². The van der Waals surface area contributed by atoms with Crippen LogP contribution in [0.5, 0.6) is 0 Å². The molecule has 0 aromatic carbocycles. The van der Waals surface area contributed by atoms with Crippen molar-refractivity contribution in [3.05, 3.63) is 17.9 Å². The molecule has 4 N–H and O–H groups in total. The Bertz CT molecular complexity index is 273. The molecule has 11 heavy (non-hydrogen) atoms. The molecule has 0 saturated carbocycles. The van der Waals surface area contributed by atoms with Gasteiger partial charge in [-0.2, -0.15) is 5.26 Å². The van der Waals surface area contributed by atoms with Gasteiger partial charge in [-0.05, 0) is 6.07 Å². The van der Waals surface area contributed by atoms with Crippen molar-refractivity contribution < 1.29 is 4.42 Å². The maximum absolute atomic E-state index is 8.30. The maximum atomic E-state index is 8.30. The largest absolute Gasteiger partial charge is 0.444 e. The zero-order valence-electron chi connectivity index (χ0n) is 5.95. The van der Waals surface area contributed by atoms with E-state index in [1.54, 1.807) is 12.1 Å². The van der Waals surface area contributed by atoms with Crippen LogP contribution in [0.3, 0.4) is 0 Å². The normalized spacial score (nSPS) is 12.4. The average molecular weight is 151 g/mol. The lowest BCUT2D eigenvalue weighted by Crippen LogP contribution is -2.07. The molecule has 0 spiro atoms. The van der Waals surface area contributed by atoms with Gasteiger partial charge in [0.25, 0.3) is 0 Å². The smallest absolute Gasteiger partial charge is 0.190 e. The summed E-state index contributed by atoms with van der Waals surface area (Å²) in [5.74, 6) is 0.887. The van der Waals surface area contributed by atoms with E-state index in [1.807, 2.05) is 6.07 Å². The van der Waals surface area contributed by atoms with E-state index < -0.39 is 0 Å². The van der Waals surface area contributed by atoms with Crippen LogP contribution in [0, 0.1) is 11.3 Å². The topological polar surface area (TPSA) is 89.0 Å². The summed E-state index contributed by atoms with van der Waals surface area (Å²) < 4.78 is 5.00. The number of nitrogens with two attached hydrogens (primary N) is 2. The van der Waals surface area contributed by atoms with E-state index in [4.69, 9.17) is 21.1 Å². The summed E-state index contributed by atoms with van der Waals surface area (Å²) in [6.45, 7) is 0. The van der Waals surface area contributed by atoms with Gasteiger partial charge in [0.1, 0.15) is 5.76 Å². The Kier molecular flexibility index (Phi) is 2.14. The molecule has 0 amide bonds. The Morgan fingerprint density at radius 1 is 1.64 bits per heavy atom. The van der Waals surface area contributed by atoms with Crippen molar-refractivity contribution in [2.45, 2.75) is 12.5 Å². The SMILES string of the molecule is N#CCC(N)c1ccc(N)o1. The van der Waals surface area contributed by atoms with E-state index in [9.17, 15) is 0 Å². The second-order valence-electron chi connectivity index (χ2n) is 2.21. The van der Waals surface area contributed by atoms with Crippen LogP contribution in [0.4, 0.5) is 5.88 Å². The molecular formula is C7H9N3O. The fraction of sp³-hybridized carbons (Fsp3) is 0.286. The Labute approximate surface area is 64.4 Å². The minimum atomic E-state index is -0.364. The molecule has 1 heterocycles. The maximum Gasteiger partial charge on any atom is 0.190 e. The first-order chi connectivity index (χ1) is 5.24. The second kappa shape index (κ2) is 3.08. The third kappa shape index (κ3) is 1.72. The Balaban J connectivity index is 2.70. The van der Waals surface area contributed by atoms with Crippen LogP contribution in [0.25, 0.3) is 0 Å². The van der Waals surface area contributed by atoms with Crippen LogP contribution in [-0.2, 0) is 0 Å². The van der Waals surface area contributed by atoms with Gasteiger partial charge in [-0.25, -0.2) is 0 Å². The molecule has 0 aliphatic heterocycles. The van der Waals surface area contributed by atoms with Gasteiger partial charge < -0.3 is 15.9 Å².